The maximum atomic E-state index is 11.7. The summed E-state index contributed by atoms with van der Waals surface area (Å²) in [5.74, 6) is 0. The predicted octanol–water partition coefficient (Wildman–Crippen LogP) is 2.12. The Morgan fingerprint density at radius 2 is 2.47 bits per heavy atom. The van der Waals surface area contributed by atoms with E-state index in [4.69, 9.17) is 11.6 Å². The first-order valence-corrected chi connectivity index (χ1v) is 5.90. The maximum absolute atomic E-state index is 11.7. The molecule has 1 unspecified atom stereocenters. The van der Waals surface area contributed by atoms with E-state index in [1.54, 1.807) is 0 Å². The second kappa shape index (κ2) is 8.84. The van der Waals surface area contributed by atoms with Gasteiger partial charge in [-0.05, 0) is 24.8 Å². The first-order valence-electron chi connectivity index (χ1n) is 5.46. The fourth-order valence-corrected chi connectivity index (χ4v) is 1.39. The Balaban J connectivity index is 2.36. The molecule has 1 aliphatic rings. The van der Waals surface area contributed by atoms with Gasteiger partial charge in [0.25, 0.3) is 0 Å². The van der Waals surface area contributed by atoms with Crippen molar-refractivity contribution in [2.45, 2.75) is 11.8 Å². The molecule has 94 valence electrons. The summed E-state index contributed by atoms with van der Waals surface area (Å²) < 4.78 is 11.7. The molecule has 0 aromatic heterocycles. The van der Waals surface area contributed by atoms with Crippen molar-refractivity contribution in [1.29, 1.82) is 0 Å². The smallest absolute Gasteiger partial charge is 0.0839 e. The molecule has 0 aromatic rings. The van der Waals surface area contributed by atoms with Gasteiger partial charge in [-0.1, -0.05) is 12.2 Å². The van der Waals surface area contributed by atoms with Gasteiger partial charge in [0.05, 0.1) is 24.1 Å². The molecule has 0 aromatic carbocycles. The molecule has 1 heterocycles. The third kappa shape index (κ3) is 6.81. The second-order valence-corrected chi connectivity index (χ2v) is 4.01. The van der Waals surface area contributed by atoms with Gasteiger partial charge >= 0.3 is 0 Å². The first-order chi connectivity index (χ1) is 8.33. The third-order valence-corrected chi connectivity index (χ3v) is 2.39. The standard InChI is InChI=1S/C12H17ClFN3/c13-11-3-1-7-15-9-12(5-4-11)17-10-16-8-2-6-14/h1-2,4-7,9,11,15-17H,3,8,10H2/b5-4?,6-2+,7-1+,12-9?. The van der Waals surface area contributed by atoms with Crippen molar-refractivity contribution >= 4 is 11.6 Å². The summed E-state index contributed by atoms with van der Waals surface area (Å²) in [5, 5.41) is 9.19. The van der Waals surface area contributed by atoms with Gasteiger partial charge in [0.1, 0.15) is 0 Å². The van der Waals surface area contributed by atoms with Crippen LogP contribution in [0.3, 0.4) is 0 Å². The number of alkyl halides is 1. The summed E-state index contributed by atoms with van der Waals surface area (Å²) in [7, 11) is 0. The van der Waals surface area contributed by atoms with Crippen LogP contribution < -0.4 is 16.0 Å². The van der Waals surface area contributed by atoms with Crippen LogP contribution in [0.25, 0.3) is 0 Å². The molecule has 0 radical (unpaired) electrons. The Bertz CT molecular complexity index is 324. The van der Waals surface area contributed by atoms with Crippen LogP contribution >= 0.6 is 11.6 Å². The number of rotatable bonds is 5. The monoisotopic (exact) mass is 257 g/mol. The first kappa shape index (κ1) is 13.8. The molecule has 0 bridgehead atoms. The summed E-state index contributed by atoms with van der Waals surface area (Å²) in [6.07, 6.45) is 12.3. The highest BCUT2D eigenvalue weighted by Gasteiger charge is 1.98. The lowest BCUT2D eigenvalue weighted by Crippen LogP contribution is -2.28. The van der Waals surface area contributed by atoms with E-state index in [9.17, 15) is 4.39 Å². The number of halogens is 2. The maximum Gasteiger partial charge on any atom is 0.0839 e. The molecule has 3 N–H and O–H groups in total. The van der Waals surface area contributed by atoms with E-state index in [0.717, 1.165) is 12.1 Å². The number of allylic oxidation sites excluding steroid dienone is 3. The highest BCUT2D eigenvalue weighted by atomic mass is 35.5. The van der Waals surface area contributed by atoms with E-state index < -0.39 is 0 Å². The van der Waals surface area contributed by atoms with Crippen molar-refractivity contribution in [2.24, 2.45) is 0 Å². The van der Waals surface area contributed by atoms with E-state index in [2.05, 4.69) is 16.0 Å². The highest BCUT2D eigenvalue weighted by molar-refractivity contribution is 6.21. The molecular formula is C12H17ClFN3. The molecule has 1 rings (SSSR count). The Morgan fingerprint density at radius 3 is 3.29 bits per heavy atom. The SMILES string of the molecule is F/C=C/CNCNC1=CN/C=C/CC(Cl)C=C1. The summed E-state index contributed by atoms with van der Waals surface area (Å²) in [5.41, 5.74) is 0.916. The van der Waals surface area contributed by atoms with Gasteiger partial charge < -0.3 is 10.6 Å². The van der Waals surface area contributed by atoms with Crippen LogP contribution in [0, 0.1) is 0 Å². The van der Waals surface area contributed by atoms with Crippen molar-refractivity contribution in [3.8, 4) is 0 Å². The lowest BCUT2D eigenvalue weighted by atomic mass is 10.2. The molecule has 0 amide bonds. The van der Waals surface area contributed by atoms with Gasteiger partial charge in [-0.25, -0.2) is 4.39 Å². The Kier molecular flexibility index (Phi) is 7.18. The lowest BCUT2D eigenvalue weighted by Gasteiger charge is -2.07. The molecular weight excluding hydrogens is 241 g/mol. The number of nitrogens with one attached hydrogen (secondary N) is 3. The van der Waals surface area contributed by atoms with Crippen LogP contribution in [0.5, 0.6) is 0 Å². The molecule has 1 atom stereocenters. The zero-order valence-electron chi connectivity index (χ0n) is 9.50. The summed E-state index contributed by atoms with van der Waals surface area (Å²) in [6.45, 7) is 1.05. The van der Waals surface area contributed by atoms with Crippen molar-refractivity contribution in [2.75, 3.05) is 13.2 Å². The van der Waals surface area contributed by atoms with E-state index >= 15 is 0 Å². The van der Waals surface area contributed by atoms with Gasteiger partial charge in [-0.15, -0.1) is 11.6 Å². The average Bonchev–Trinajstić information content (AvgIpc) is 2.42. The minimum atomic E-state index is -0.00113. The van der Waals surface area contributed by atoms with Gasteiger partial charge in [-0.2, -0.15) is 0 Å². The predicted molar refractivity (Wildman–Crippen MR) is 70.0 cm³/mol. The van der Waals surface area contributed by atoms with Gasteiger partial charge in [0, 0.05) is 12.7 Å². The van der Waals surface area contributed by atoms with Crippen LogP contribution in [0.15, 0.2) is 48.7 Å². The molecule has 17 heavy (non-hydrogen) atoms. The Hall–Kier alpha value is -1.26. The lowest BCUT2D eigenvalue weighted by molar-refractivity contribution is 0.666. The average molecular weight is 258 g/mol. The molecule has 0 aliphatic carbocycles. The summed E-state index contributed by atoms with van der Waals surface area (Å²) >= 11 is 6.05. The number of hydrogen-bond acceptors (Lipinski definition) is 3. The van der Waals surface area contributed by atoms with Gasteiger partial charge in [-0.3, -0.25) is 5.32 Å². The zero-order chi connectivity index (χ0) is 12.3. The van der Waals surface area contributed by atoms with Crippen molar-refractivity contribution in [3.05, 3.63) is 48.7 Å². The number of hydrogen-bond donors (Lipinski definition) is 3. The Morgan fingerprint density at radius 1 is 1.59 bits per heavy atom. The molecule has 3 nitrogen and oxygen atoms in total. The van der Waals surface area contributed by atoms with E-state index in [1.165, 1.54) is 6.08 Å². The largest absolute Gasteiger partial charge is 0.371 e. The fraction of sp³-hybridized carbons (Fsp3) is 0.333. The molecule has 0 spiro atoms. The van der Waals surface area contributed by atoms with E-state index in [0.29, 0.717) is 19.5 Å². The Labute approximate surface area is 106 Å². The quantitative estimate of drug-likeness (QED) is 0.401. The molecule has 0 saturated heterocycles. The molecule has 1 aliphatic heterocycles. The minimum Gasteiger partial charge on any atom is -0.371 e. The van der Waals surface area contributed by atoms with Crippen LogP contribution in [-0.4, -0.2) is 18.6 Å². The van der Waals surface area contributed by atoms with E-state index in [1.807, 2.05) is 30.6 Å². The fourth-order valence-electron chi connectivity index (χ4n) is 1.21. The molecule has 5 heteroatoms. The topological polar surface area (TPSA) is 36.1 Å². The molecule has 0 saturated carbocycles. The second-order valence-electron chi connectivity index (χ2n) is 3.45. The zero-order valence-corrected chi connectivity index (χ0v) is 10.3. The van der Waals surface area contributed by atoms with Crippen LogP contribution in [0.2, 0.25) is 0 Å². The van der Waals surface area contributed by atoms with Crippen molar-refractivity contribution < 1.29 is 4.39 Å². The van der Waals surface area contributed by atoms with Crippen LogP contribution in [-0.2, 0) is 0 Å². The normalized spacial score (nSPS) is 22.2. The van der Waals surface area contributed by atoms with E-state index in [-0.39, 0.29) is 5.38 Å². The van der Waals surface area contributed by atoms with Crippen molar-refractivity contribution in [1.82, 2.24) is 16.0 Å². The van der Waals surface area contributed by atoms with Crippen LogP contribution in [0.1, 0.15) is 6.42 Å². The highest BCUT2D eigenvalue weighted by Crippen LogP contribution is 2.07. The van der Waals surface area contributed by atoms with Crippen molar-refractivity contribution in [3.63, 3.8) is 0 Å². The molecule has 0 fully saturated rings. The van der Waals surface area contributed by atoms with Crippen LogP contribution in [0.4, 0.5) is 4.39 Å². The van der Waals surface area contributed by atoms with Gasteiger partial charge in [0.2, 0.25) is 0 Å². The minimum absolute atomic E-state index is 0.00113. The third-order valence-electron chi connectivity index (χ3n) is 2.07. The van der Waals surface area contributed by atoms with Gasteiger partial charge in [0.15, 0.2) is 0 Å². The summed E-state index contributed by atoms with van der Waals surface area (Å²) in [6, 6.07) is 0. The summed E-state index contributed by atoms with van der Waals surface area (Å²) in [4.78, 5) is 0.